The standard InChI is InChI=1S/C17H23FN2O2S2/c1-17(2)16(22)20-14(11-24-17)15(21)19-8-5-9-23-10-12-6-3-4-7-13(12)18/h3-4,6-7,14H,5,8-11H2,1-2H3,(H,19,21)(H,20,22)/t14-/m0/s1. The zero-order chi connectivity index (χ0) is 17.6. The molecule has 0 aliphatic carbocycles. The first-order chi connectivity index (χ1) is 11.4. The third kappa shape index (κ3) is 5.41. The number of thioether (sulfide) groups is 2. The lowest BCUT2D eigenvalue weighted by Gasteiger charge is -2.32. The molecule has 0 saturated carbocycles. The van der Waals surface area contributed by atoms with Gasteiger partial charge in [-0.3, -0.25) is 9.59 Å². The van der Waals surface area contributed by atoms with Gasteiger partial charge < -0.3 is 10.6 Å². The van der Waals surface area contributed by atoms with Crippen LogP contribution in [0.1, 0.15) is 25.8 Å². The number of amides is 2. The molecule has 2 rings (SSSR count). The van der Waals surface area contributed by atoms with Crippen molar-refractivity contribution in [1.29, 1.82) is 0 Å². The SMILES string of the molecule is CC1(C)SC[C@@H](C(=O)NCCCSCc2ccccc2F)NC1=O. The molecule has 1 fully saturated rings. The second-order valence-electron chi connectivity index (χ2n) is 6.14. The molecule has 1 aromatic rings. The van der Waals surface area contributed by atoms with Crippen LogP contribution in [-0.4, -0.2) is 40.7 Å². The zero-order valence-electron chi connectivity index (χ0n) is 13.9. The van der Waals surface area contributed by atoms with Gasteiger partial charge in [-0.15, -0.1) is 11.8 Å². The second-order valence-corrected chi connectivity index (χ2v) is 8.88. The summed E-state index contributed by atoms with van der Waals surface area (Å²) in [5, 5.41) is 5.62. The molecule has 0 bridgehead atoms. The van der Waals surface area contributed by atoms with Crippen LogP contribution in [0.2, 0.25) is 0 Å². The summed E-state index contributed by atoms with van der Waals surface area (Å²) in [5.41, 5.74) is 0.705. The Balaban J connectivity index is 1.60. The third-order valence-corrected chi connectivity index (χ3v) is 6.26. The Bertz CT molecular complexity index is 596. The van der Waals surface area contributed by atoms with E-state index in [1.807, 2.05) is 19.9 Å². The number of carbonyl (C=O) groups is 2. The Labute approximate surface area is 150 Å². The van der Waals surface area contributed by atoms with E-state index in [0.29, 0.717) is 23.6 Å². The average molecular weight is 371 g/mol. The summed E-state index contributed by atoms with van der Waals surface area (Å²) in [6.07, 6.45) is 0.810. The lowest BCUT2D eigenvalue weighted by molar-refractivity contribution is -0.129. The van der Waals surface area contributed by atoms with Gasteiger partial charge >= 0.3 is 0 Å². The van der Waals surface area contributed by atoms with Crippen LogP contribution in [0.3, 0.4) is 0 Å². The number of hydrogen-bond acceptors (Lipinski definition) is 4. The molecule has 2 N–H and O–H groups in total. The fraction of sp³-hybridized carbons (Fsp3) is 0.529. The van der Waals surface area contributed by atoms with Crippen molar-refractivity contribution in [3.8, 4) is 0 Å². The van der Waals surface area contributed by atoms with Gasteiger partial charge in [0.05, 0.1) is 4.75 Å². The highest BCUT2D eigenvalue weighted by atomic mass is 32.2. The molecule has 1 aliphatic rings. The number of carbonyl (C=O) groups excluding carboxylic acids is 2. The van der Waals surface area contributed by atoms with E-state index in [2.05, 4.69) is 10.6 Å². The Morgan fingerprint density at radius 1 is 1.46 bits per heavy atom. The molecule has 0 aromatic heterocycles. The van der Waals surface area contributed by atoms with Crippen LogP contribution in [0.4, 0.5) is 4.39 Å². The molecule has 7 heteroatoms. The molecule has 132 valence electrons. The van der Waals surface area contributed by atoms with Crippen LogP contribution in [0, 0.1) is 5.82 Å². The molecule has 24 heavy (non-hydrogen) atoms. The number of hydrogen-bond donors (Lipinski definition) is 2. The predicted octanol–water partition coefficient (Wildman–Crippen LogP) is 2.58. The van der Waals surface area contributed by atoms with Crippen LogP contribution in [0.5, 0.6) is 0 Å². The highest BCUT2D eigenvalue weighted by molar-refractivity contribution is 8.01. The van der Waals surface area contributed by atoms with Gasteiger partial charge in [-0.05, 0) is 37.7 Å². The molecule has 1 atom stereocenters. The molecule has 0 radical (unpaired) electrons. The molecule has 1 aliphatic heterocycles. The fourth-order valence-electron chi connectivity index (χ4n) is 2.18. The summed E-state index contributed by atoms with van der Waals surface area (Å²) < 4.78 is 13.0. The summed E-state index contributed by atoms with van der Waals surface area (Å²) in [5.74, 6) is 1.65. The summed E-state index contributed by atoms with van der Waals surface area (Å²) >= 11 is 3.14. The minimum atomic E-state index is -0.472. The van der Waals surface area contributed by atoms with Crippen LogP contribution < -0.4 is 10.6 Å². The van der Waals surface area contributed by atoms with Crippen molar-refractivity contribution in [1.82, 2.24) is 10.6 Å². The van der Waals surface area contributed by atoms with Crippen molar-refractivity contribution in [2.45, 2.75) is 36.8 Å². The maximum Gasteiger partial charge on any atom is 0.243 e. The van der Waals surface area contributed by atoms with Crippen molar-refractivity contribution in [2.75, 3.05) is 18.1 Å². The number of nitrogens with one attached hydrogen (secondary N) is 2. The van der Waals surface area contributed by atoms with E-state index < -0.39 is 10.8 Å². The molecular formula is C17H23FN2O2S2. The van der Waals surface area contributed by atoms with Gasteiger partial charge in [0.15, 0.2) is 0 Å². The smallest absolute Gasteiger partial charge is 0.243 e. The summed E-state index contributed by atoms with van der Waals surface area (Å²) in [7, 11) is 0. The number of benzene rings is 1. The molecule has 4 nitrogen and oxygen atoms in total. The molecule has 1 aromatic carbocycles. The Morgan fingerprint density at radius 2 is 2.21 bits per heavy atom. The Morgan fingerprint density at radius 3 is 2.92 bits per heavy atom. The van der Waals surface area contributed by atoms with Crippen LogP contribution in [0.25, 0.3) is 0 Å². The minimum absolute atomic E-state index is 0.0978. The quantitative estimate of drug-likeness (QED) is 0.725. The summed E-state index contributed by atoms with van der Waals surface area (Å²) in [6.45, 7) is 4.27. The first kappa shape index (κ1) is 19.1. The van der Waals surface area contributed by atoms with E-state index in [9.17, 15) is 14.0 Å². The van der Waals surface area contributed by atoms with E-state index in [1.165, 1.54) is 17.8 Å². The molecule has 2 amide bonds. The Kier molecular flexibility index (Phi) is 6.98. The molecule has 1 heterocycles. The minimum Gasteiger partial charge on any atom is -0.354 e. The van der Waals surface area contributed by atoms with Crippen molar-refractivity contribution in [3.05, 3.63) is 35.6 Å². The average Bonchev–Trinajstić information content (AvgIpc) is 2.54. The van der Waals surface area contributed by atoms with Crippen LogP contribution >= 0.6 is 23.5 Å². The van der Waals surface area contributed by atoms with E-state index in [4.69, 9.17) is 0 Å². The van der Waals surface area contributed by atoms with Gasteiger partial charge in [0.2, 0.25) is 11.8 Å². The van der Waals surface area contributed by atoms with E-state index in [0.717, 1.165) is 12.2 Å². The molecular weight excluding hydrogens is 347 g/mol. The van der Waals surface area contributed by atoms with E-state index in [1.54, 1.807) is 23.9 Å². The van der Waals surface area contributed by atoms with Gasteiger partial charge in [-0.2, -0.15) is 11.8 Å². The van der Waals surface area contributed by atoms with Crippen LogP contribution in [-0.2, 0) is 15.3 Å². The van der Waals surface area contributed by atoms with E-state index in [-0.39, 0.29) is 17.6 Å². The topological polar surface area (TPSA) is 58.2 Å². The highest BCUT2D eigenvalue weighted by Crippen LogP contribution is 2.28. The molecule has 0 spiro atoms. The normalized spacial score (nSPS) is 19.6. The number of rotatable bonds is 7. The van der Waals surface area contributed by atoms with Gasteiger partial charge in [0, 0.05) is 18.1 Å². The maximum absolute atomic E-state index is 13.5. The van der Waals surface area contributed by atoms with Gasteiger partial charge in [0.1, 0.15) is 11.9 Å². The lowest BCUT2D eigenvalue weighted by atomic mass is 10.1. The fourth-order valence-corrected chi connectivity index (χ4v) is 4.13. The lowest BCUT2D eigenvalue weighted by Crippen LogP contribution is -2.57. The van der Waals surface area contributed by atoms with Gasteiger partial charge in [0.25, 0.3) is 0 Å². The zero-order valence-corrected chi connectivity index (χ0v) is 15.6. The predicted molar refractivity (Wildman–Crippen MR) is 98.7 cm³/mol. The van der Waals surface area contributed by atoms with Crippen molar-refractivity contribution in [3.63, 3.8) is 0 Å². The maximum atomic E-state index is 13.5. The first-order valence-corrected chi connectivity index (χ1v) is 10.1. The van der Waals surface area contributed by atoms with Gasteiger partial charge in [-0.1, -0.05) is 18.2 Å². The molecule has 0 unspecified atom stereocenters. The largest absolute Gasteiger partial charge is 0.354 e. The Hall–Kier alpha value is -1.21. The van der Waals surface area contributed by atoms with E-state index >= 15 is 0 Å². The molecule has 1 saturated heterocycles. The summed E-state index contributed by atoms with van der Waals surface area (Å²) in [4.78, 5) is 23.9. The van der Waals surface area contributed by atoms with Crippen LogP contribution in [0.15, 0.2) is 24.3 Å². The van der Waals surface area contributed by atoms with Gasteiger partial charge in [-0.25, -0.2) is 4.39 Å². The second kappa shape index (κ2) is 8.76. The van der Waals surface area contributed by atoms with Crippen molar-refractivity contribution >= 4 is 35.3 Å². The van der Waals surface area contributed by atoms with Crippen molar-refractivity contribution < 1.29 is 14.0 Å². The number of halogens is 1. The monoisotopic (exact) mass is 370 g/mol. The summed E-state index contributed by atoms with van der Waals surface area (Å²) in [6, 6.07) is 6.31. The first-order valence-electron chi connectivity index (χ1n) is 7.94. The van der Waals surface area contributed by atoms with Crippen molar-refractivity contribution in [2.24, 2.45) is 0 Å². The highest BCUT2D eigenvalue weighted by Gasteiger charge is 2.37. The third-order valence-electron chi connectivity index (χ3n) is 3.76.